The van der Waals surface area contributed by atoms with Gasteiger partial charge in [-0.15, -0.1) is 0 Å². The van der Waals surface area contributed by atoms with E-state index in [1.807, 2.05) is 43.3 Å². The predicted octanol–water partition coefficient (Wildman–Crippen LogP) is 3.21. The van der Waals surface area contributed by atoms with Gasteiger partial charge < -0.3 is 10.2 Å². The van der Waals surface area contributed by atoms with Crippen LogP contribution in [-0.4, -0.2) is 23.3 Å². The van der Waals surface area contributed by atoms with Crippen LogP contribution in [0.1, 0.15) is 24.6 Å². The van der Waals surface area contributed by atoms with Crippen LogP contribution in [0.3, 0.4) is 0 Å². The van der Waals surface area contributed by atoms with E-state index in [-0.39, 0.29) is 18.2 Å². The summed E-state index contributed by atoms with van der Waals surface area (Å²) in [5, 5.41) is 2.82. The van der Waals surface area contributed by atoms with Crippen molar-refractivity contribution in [1.82, 2.24) is 10.3 Å². The van der Waals surface area contributed by atoms with Crippen molar-refractivity contribution in [3.63, 3.8) is 0 Å². The third-order valence-corrected chi connectivity index (χ3v) is 4.46. The number of amides is 2. The molecule has 0 saturated heterocycles. The van der Waals surface area contributed by atoms with Crippen molar-refractivity contribution in [3.8, 4) is 0 Å². The van der Waals surface area contributed by atoms with Crippen LogP contribution in [0, 0.1) is 6.92 Å². The molecule has 24 heavy (non-hydrogen) atoms. The first-order valence-corrected chi connectivity index (χ1v) is 8.47. The second-order valence-electron chi connectivity index (χ2n) is 5.45. The van der Waals surface area contributed by atoms with Crippen molar-refractivity contribution in [2.45, 2.75) is 26.8 Å². The van der Waals surface area contributed by atoms with Crippen LogP contribution >= 0.6 is 15.9 Å². The highest BCUT2D eigenvalue weighted by Crippen LogP contribution is 2.24. The van der Waals surface area contributed by atoms with Crippen LogP contribution in [0.2, 0.25) is 0 Å². The molecule has 0 aliphatic carbocycles. The van der Waals surface area contributed by atoms with Crippen molar-refractivity contribution in [3.05, 3.63) is 58.3 Å². The van der Waals surface area contributed by atoms with E-state index in [0.717, 1.165) is 21.4 Å². The molecule has 126 valence electrons. The molecule has 1 aromatic carbocycles. The topological polar surface area (TPSA) is 62.3 Å². The molecule has 0 aliphatic rings. The Hall–Kier alpha value is -2.21. The normalized spacial score (nSPS) is 10.3. The molecule has 1 heterocycles. The van der Waals surface area contributed by atoms with E-state index in [4.69, 9.17) is 0 Å². The van der Waals surface area contributed by atoms with Crippen LogP contribution in [0.15, 0.2) is 47.1 Å². The highest BCUT2D eigenvalue weighted by molar-refractivity contribution is 9.10. The number of carbonyl (C=O) groups is 2. The van der Waals surface area contributed by atoms with Gasteiger partial charge in [0.05, 0.1) is 12.2 Å². The summed E-state index contributed by atoms with van der Waals surface area (Å²) < 4.78 is 0.936. The lowest BCUT2D eigenvalue weighted by Gasteiger charge is -2.21. The molecule has 2 rings (SSSR count). The van der Waals surface area contributed by atoms with Crippen molar-refractivity contribution < 1.29 is 9.59 Å². The minimum atomic E-state index is -0.113. The van der Waals surface area contributed by atoms with Crippen molar-refractivity contribution in [1.29, 1.82) is 0 Å². The first-order valence-electron chi connectivity index (χ1n) is 7.68. The van der Waals surface area contributed by atoms with Gasteiger partial charge in [0, 0.05) is 36.2 Å². The minimum absolute atomic E-state index is 0.0942. The van der Waals surface area contributed by atoms with Gasteiger partial charge in [-0.2, -0.15) is 0 Å². The molecule has 5 nitrogen and oxygen atoms in total. The monoisotopic (exact) mass is 389 g/mol. The number of nitrogens with one attached hydrogen (secondary N) is 1. The van der Waals surface area contributed by atoms with E-state index < -0.39 is 0 Å². The maximum absolute atomic E-state index is 12.0. The fourth-order valence-corrected chi connectivity index (χ4v) is 2.58. The zero-order chi connectivity index (χ0) is 17.5. The van der Waals surface area contributed by atoms with Crippen molar-refractivity contribution in [2.75, 3.05) is 11.4 Å². The van der Waals surface area contributed by atoms with Crippen molar-refractivity contribution >= 4 is 33.4 Å². The maximum Gasteiger partial charge on any atom is 0.223 e. The molecule has 0 fully saturated rings. The van der Waals surface area contributed by atoms with Gasteiger partial charge in [0.25, 0.3) is 0 Å². The lowest BCUT2D eigenvalue weighted by atomic mass is 10.2. The third kappa shape index (κ3) is 5.16. The largest absolute Gasteiger partial charge is 0.350 e. The molecule has 6 heteroatoms. The fraction of sp³-hybridized carbons (Fsp3) is 0.278. The van der Waals surface area contributed by atoms with Crippen LogP contribution in [0.25, 0.3) is 0 Å². The van der Waals surface area contributed by atoms with Gasteiger partial charge in [0.15, 0.2) is 0 Å². The molecule has 0 unspecified atom stereocenters. The number of rotatable bonds is 6. The molecule has 0 saturated carbocycles. The first kappa shape index (κ1) is 18.1. The number of halogens is 1. The third-order valence-electron chi connectivity index (χ3n) is 3.60. The van der Waals surface area contributed by atoms with Gasteiger partial charge in [-0.25, -0.2) is 0 Å². The number of aromatic nitrogens is 1. The standard InChI is InChI=1S/C18H20BrN3O2/c1-13-6-7-16(11-17(13)19)22(14(2)23)10-8-18(24)21-12-15-5-3-4-9-20-15/h3-7,9,11H,8,10,12H2,1-2H3,(H,21,24). The Labute approximate surface area is 150 Å². The average Bonchev–Trinajstić information content (AvgIpc) is 2.57. The van der Waals surface area contributed by atoms with Gasteiger partial charge in [-0.1, -0.05) is 28.1 Å². The zero-order valence-electron chi connectivity index (χ0n) is 13.8. The summed E-state index contributed by atoms with van der Waals surface area (Å²) in [5.41, 5.74) is 2.67. The maximum atomic E-state index is 12.0. The summed E-state index contributed by atoms with van der Waals surface area (Å²) in [5.74, 6) is -0.207. The van der Waals surface area contributed by atoms with Gasteiger partial charge in [-0.05, 0) is 36.8 Å². The Kier molecular flexibility index (Phi) is 6.49. The molecule has 0 atom stereocenters. The lowest BCUT2D eigenvalue weighted by molar-refractivity contribution is -0.121. The SMILES string of the molecule is CC(=O)N(CCC(=O)NCc1ccccn1)c1ccc(C)c(Br)c1. The smallest absolute Gasteiger partial charge is 0.223 e. The summed E-state index contributed by atoms with van der Waals surface area (Å²) in [6, 6.07) is 11.3. The van der Waals surface area contributed by atoms with Gasteiger partial charge in [0.1, 0.15) is 0 Å². The van der Waals surface area contributed by atoms with E-state index in [1.165, 1.54) is 6.92 Å². The van der Waals surface area contributed by atoms with Crippen LogP contribution in [-0.2, 0) is 16.1 Å². The lowest BCUT2D eigenvalue weighted by Crippen LogP contribution is -2.33. The Morgan fingerprint density at radius 2 is 2.04 bits per heavy atom. The number of benzene rings is 1. The molecule has 1 aromatic heterocycles. The molecule has 0 bridgehead atoms. The molecule has 0 spiro atoms. The fourth-order valence-electron chi connectivity index (χ4n) is 2.21. The Bertz CT molecular complexity index is 719. The van der Waals surface area contributed by atoms with E-state index in [0.29, 0.717) is 13.1 Å². The number of aryl methyl sites for hydroxylation is 1. The molecule has 0 radical (unpaired) electrons. The molecule has 2 amide bonds. The van der Waals surface area contributed by atoms with E-state index in [2.05, 4.69) is 26.2 Å². The molecule has 2 aromatic rings. The highest BCUT2D eigenvalue weighted by Gasteiger charge is 2.14. The quantitative estimate of drug-likeness (QED) is 0.824. The first-order chi connectivity index (χ1) is 11.5. The van der Waals surface area contributed by atoms with Crippen LogP contribution < -0.4 is 10.2 Å². The zero-order valence-corrected chi connectivity index (χ0v) is 15.3. The second kappa shape index (κ2) is 8.59. The van der Waals surface area contributed by atoms with Crippen LogP contribution in [0.4, 0.5) is 5.69 Å². The summed E-state index contributed by atoms with van der Waals surface area (Å²) in [6.45, 7) is 4.20. The number of anilines is 1. The average molecular weight is 390 g/mol. The number of hydrogen-bond donors (Lipinski definition) is 1. The number of carbonyl (C=O) groups excluding carboxylic acids is 2. The molecular formula is C18H20BrN3O2. The van der Waals surface area contributed by atoms with Crippen LogP contribution in [0.5, 0.6) is 0 Å². The summed E-state index contributed by atoms with van der Waals surface area (Å²) >= 11 is 3.47. The number of hydrogen-bond acceptors (Lipinski definition) is 3. The number of pyridine rings is 1. The minimum Gasteiger partial charge on any atom is -0.350 e. The number of nitrogens with zero attached hydrogens (tertiary/aromatic N) is 2. The van der Waals surface area contributed by atoms with Gasteiger partial charge in [-0.3, -0.25) is 14.6 Å². The molecule has 0 aliphatic heterocycles. The van der Waals surface area contributed by atoms with Gasteiger partial charge >= 0.3 is 0 Å². The summed E-state index contributed by atoms with van der Waals surface area (Å²) in [4.78, 5) is 29.7. The summed E-state index contributed by atoms with van der Waals surface area (Å²) in [6.07, 6.45) is 1.92. The Morgan fingerprint density at radius 3 is 2.67 bits per heavy atom. The highest BCUT2D eigenvalue weighted by atomic mass is 79.9. The Balaban J connectivity index is 1.92. The second-order valence-corrected chi connectivity index (χ2v) is 6.31. The van der Waals surface area contributed by atoms with E-state index in [1.54, 1.807) is 11.1 Å². The predicted molar refractivity (Wildman–Crippen MR) is 97.6 cm³/mol. The van der Waals surface area contributed by atoms with E-state index >= 15 is 0 Å². The molecular weight excluding hydrogens is 370 g/mol. The van der Waals surface area contributed by atoms with Gasteiger partial charge in [0.2, 0.25) is 11.8 Å². The van der Waals surface area contributed by atoms with Crippen molar-refractivity contribution in [2.24, 2.45) is 0 Å². The summed E-state index contributed by atoms with van der Waals surface area (Å²) in [7, 11) is 0. The van der Waals surface area contributed by atoms with E-state index in [9.17, 15) is 9.59 Å². The Morgan fingerprint density at radius 1 is 1.25 bits per heavy atom. The molecule has 1 N–H and O–H groups in total.